The van der Waals surface area contributed by atoms with Gasteiger partial charge in [0.25, 0.3) is 11.5 Å². The molecule has 0 unspecified atom stereocenters. The fourth-order valence-corrected chi connectivity index (χ4v) is 1.93. The number of hydrogen-bond acceptors (Lipinski definition) is 7. The van der Waals surface area contributed by atoms with Crippen LogP contribution < -0.4 is 16.3 Å². The first-order chi connectivity index (χ1) is 11.1. The number of pyridine rings is 1. The lowest BCUT2D eigenvalue weighted by molar-refractivity contribution is -0.121. The van der Waals surface area contributed by atoms with Gasteiger partial charge in [-0.2, -0.15) is 10.1 Å². The van der Waals surface area contributed by atoms with E-state index in [1.807, 2.05) is 0 Å². The van der Waals surface area contributed by atoms with Gasteiger partial charge < -0.3 is 14.8 Å². The predicted octanol–water partition coefficient (Wildman–Crippen LogP) is -0.693. The molecule has 1 aliphatic heterocycles. The number of carbonyl (C=O) groups is 2. The Bertz CT molecular complexity index is 837. The van der Waals surface area contributed by atoms with Crippen molar-refractivity contribution in [2.75, 3.05) is 0 Å². The Hall–Kier alpha value is -3.30. The quantitative estimate of drug-likeness (QED) is 0.681. The lowest BCUT2D eigenvalue weighted by atomic mass is 10.1. The van der Waals surface area contributed by atoms with Gasteiger partial charge in [0.15, 0.2) is 0 Å². The molecule has 0 fully saturated rings. The Morgan fingerprint density at radius 2 is 2.22 bits per heavy atom. The minimum absolute atomic E-state index is 0.0104. The van der Waals surface area contributed by atoms with Crippen LogP contribution in [-0.4, -0.2) is 32.7 Å². The van der Waals surface area contributed by atoms with Crippen LogP contribution in [0.4, 0.5) is 0 Å². The van der Waals surface area contributed by atoms with Gasteiger partial charge in [-0.1, -0.05) is 5.16 Å². The van der Waals surface area contributed by atoms with Crippen LogP contribution >= 0.6 is 0 Å². The Kier molecular flexibility index (Phi) is 3.95. The van der Waals surface area contributed by atoms with Crippen molar-refractivity contribution < 1.29 is 14.1 Å². The Morgan fingerprint density at radius 3 is 2.96 bits per heavy atom. The molecule has 1 aliphatic rings. The molecule has 0 radical (unpaired) electrons. The molecule has 118 valence electrons. The number of nitrogens with zero attached hydrogens (tertiary/aromatic N) is 3. The second kappa shape index (κ2) is 6.22. The van der Waals surface area contributed by atoms with Crippen LogP contribution in [0.2, 0.25) is 0 Å². The summed E-state index contributed by atoms with van der Waals surface area (Å²) in [5.41, 5.74) is 2.40. The molecule has 2 aromatic rings. The van der Waals surface area contributed by atoms with Gasteiger partial charge in [0, 0.05) is 19.0 Å². The number of nitrogens with one attached hydrogen (secondary N) is 3. The van der Waals surface area contributed by atoms with Crippen LogP contribution in [0.5, 0.6) is 0 Å². The van der Waals surface area contributed by atoms with Crippen molar-refractivity contribution in [3.8, 4) is 11.4 Å². The minimum Gasteiger partial charge on any atom is -0.342 e. The molecule has 0 saturated carbocycles. The van der Waals surface area contributed by atoms with Crippen LogP contribution in [0.3, 0.4) is 0 Å². The number of aromatic nitrogens is 3. The van der Waals surface area contributed by atoms with Crippen molar-refractivity contribution in [1.29, 1.82) is 0 Å². The number of H-pyrrole nitrogens is 1. The lowest BCUT2D eigenvalue weighted by Crippen LogP contribution is -2.36. The van der Waals surface area contributed by atoms with E-state index in [2.05, 4.69) is 31.0 Å². The van der Waals surface area contributed by atoms with Gasteiger partial charge >= 0.3 is 0 Å². The molecule has 10 heteroatoms. The number of hydrogen-bond donors (Lipinski definition) is 3. The van der Waals surface area contributed by atoms with Gasteiger partial charge in [-0.3, -0.25) is 14.4 Å². The third-order valence-corrected chi connectivity index (χ3v) is 3.09. The molecule has 3 rings (SSSR count). The van der Waals surface area contributed by atoms with E-state index in [1.165, 1.54) is 6.20 Å². The zero-order chi connectivity index (χ0) is 16.2. The zero-order valence-electron chi connectivity index (χ0n) is 11.8. The maximum atomic E-state index is 11.9. The summed E-state index contributed by atoms with van der Waals surface area (Å²) < 4.78 is 4.99. The molecule has 3 heterocycles. The van der Waals surface area contributed by atoms with Crippen LogP contribution in [0.15, 0.2) is 32.7 Å². The molecule has 10 nitrogen and oxygen atoms in total. The molecular weight excluding hydrogens is 304 g/mol. The molecule has 0 aromatic carbocycles. The summed E-state index contributed by atoms with van der Waals surface area (Å²) >= 11 is 0. The maximum absolute atomic E-state index is 11.9. The minimum atomic E-state index is -0.428. The molecule has 2 amide bonds. The van der Waals surface area contributed by atoms with E-state index in [0.29, 0.717) is 0 Å². The highest BCUT2D eigenvalue weighted by atomic mass is 16.5. The summed E-state index contributed by atoms with van der Waals surface area (Å²) in [5, 5.41) is 9.94. The number of aromatic amines is 1. The van der Waals surface area contributed by atoms with Gasteiger partial charge in [-0.05, 0) is 12.1 Å². The molecule has 0 bridgehead atoms. The van der Waals surface area contributed by atoms with E-state index >= 15 is 0 Å². The second-order valence-corrected chi connectivity index (χ2v) is 4.70. The third-order valence-electron chi connectivity index (χ3n) is 3.09. The molecule has 0 spiro atoms. The SMILES string of the molecule is O=C1CCC(C(=O)NCc2nc(-c3ccc[nH]c3=O)no2)=NN1. The van der Waals surface area contributed by atoms with Gasteiger partial charge in [-0.25, -0.2) is 5.43 Å². The van der Waals surface area contributed by atoms with Crippen molar-refractivity contribution in [2.45, 2.75) is 19.4 Å². The average Bonchev–Trinajstić information content (AvgIpc) is 3.02. The van der Waals surface area contributed by atoms with E-state index in [0.717, 1.165) is 0 Å². The first kappa shape index (κ1) is 14.6. The van der Waals surface area contributed by atoms with E-state index in [9.17, 15) is 14.4 Å². The highest BCUT2D eigenvalue weighted by Crippen LogP contribution is 2.10. The summed E-state index contributed by atoms with van der Waals surface area (Å²) in [6, 6.07) is 3.20. The predicted molar refractivity (Wildman–Crippen MR) is 77.0 cm³/mol. The summed E-state index contributed by atoms with van der Waals surface area (Å²) in [4.78, 5) is 41.0. The van der Waals surface area contributed by atoms with Crippen LogP contribution in [0.1, 0.15) is 18.7 Å². The Labute approximate surface area is 129 Å². The first-order valence-corrected chi connectivity index (χ1v) is 6.78. The van der Waals surface area contributed by atoms with Gasteiger partial charge in [0.1, 0.15) is 5.71 Å². The average molecular weight is 316 g/mol. The molecule has 0 aliphatic carbocycles. The van der Waals surface area contributed by atoms with E-state index in [1.54, 1.807) is 12.1 Å². The Morgan fingerprint density at radius 1 is 1.35 bits per heavy atom. The van der Waals surface area contributed by atoms with Crippen LogP contribution in [-0.2, 0) is 16.1 Å². The second-order valence-electron chi connectivity index (χ2n) is 4.70. The van der Waals surface area contributed by atoms with E-state index < -0.39 is 5.91 Å². The van der Waals surface area contributed by atoms with Crippen LogP contribution in [0, 0.1) is 0 Å². The molecule has 3 N–H and O–H groups in total. The first-order valence-electron chi connectivity index (χ1n) is 6.78. The fourth-order valence-electron chi connectivity index (χ4n) is 1.93. The van der Waals surface area contributed by atoms with Gasteiger partial charge in [0.2, 0.25) is 17.6 Å². The van der Waals surface area contributed by atoms with E-state index in [4.69, 9.17) is 4.52 Å². The molecule has 0 saturated heterocycles. The maximum Gasteiger partial charge on any atom is 0.267 e. The smallest absolute Gasteiger partial charge is 0.267 e. The van der Waals surface area contributed by atoms with E-state index in [-0.39, 0.29) is 53.8 Å². The number of hydrazone groups is 1. The number of carbonyl (C=O) groups excluding carboxylic acids is 2. The number of rotatable bonds is 4. The fraction of sp³-hybridized carbons (Fsp3) is 0.231. The lowest BCUT2D eigenvalue weighted by Gasteiger charge is -2.10. The Balaban J connectivity index is 1.64. The van der Waals surface area contributed by atoms with Gasteiger partial charge in [0.05, 0.1) is 12.1 Å². The topological polar surface area (TPSA) is 142 Å². The van der Waals surface area contributed by atoms with Crippen molar-refractivity contribution in [3.63, 3.8) is 0 Å². The standard InChI is InChI=1S/C13H12N6O4/c20-9-4-3-8(17-18-9)13(22)15-6-10-16-11(19-23-10)7-2-1-5-14-12(7)21/h1-2,5H,3-4,6H2,(H,14,21)(H,15,22)(H,18,20). The largest absolute Gasteiger partial charge is 0.342 e. The molecule has 23 heavy (non-hydrogen) atoms. The molecular formula is C13H12N6O4. The number of amides is 2. The van der Waals surface area contributed by atoms with Crippen molar-refractivity contribution in [3.05, 3.63) is 34.6 Å². The summed E-state index contributed by atoms with van der Waals surface area (Å²) in [7, 11) is 0. The summed E-state index contributed by atoms with van der Waals surface area (Å²) in [6.45, 7) is -0.0104. The van der Waals surface area contributed by atoms with Gasteiger partial charge in [-0.15, -0.1) is 0 Å². The third kappa shape index (κ3) is 3.31. The highest BCUT2D eigenvalue weighted by molar-refractivity contribution is 6.39. The van der Waals surface area contributed by atoms with Crippen LogP contribution in [0.25, 0.3) is 11.4 Å². The summed E-state index contributed by atoms with van der Waals surface area (Å²) in [6.07, 6.45) is 1.98. The highest BCUT2D eigenvalue weighted by Gasteiger charge is 2.19. The zero-order valence-corrected chi connectivity index (χ0v) is 11.8. The summed E-state index contributed by atoms with van der Waals surface area (Å²) in [5.74, 6) is -0.367. The monoisotopic (exact) mass is 316 g/mol. The van der Waals surface area contributed by atoms with Crippen molar-refractivity contribution >= 4 is 17.5 Å². The molecule has 0 atom stereocenters. The molecule has 2 aromatic heterocycles. The van der Waals surface area contributed by atoms with Crippen molar-refractivity contribution in [1.82, 2.24) is 25.9 Å². The normalized spacial score (nSPS) is 14.1. The van der Waals surface area contributed by atoms with Crippen molar-refractivity contribution in [2.24, 2.45) is 5.10 Å².